The lowest BCUT2D eigenvalue weighted by molar-refractivity contribution is -0.140. The van der Waals surface area contributed by atoms with Gasteiger partial charge in [-0.15, -0.1) is 0 Å². The monoisotopic (exact) mass is 225 g/mol. The Morgan fingerprint density at radius 1 is 1.19 bits per heavy atom. The van der Waals surface area contributed by atoms with Gasteiger partial charge in [0.15, 0.2) is 0 Å². The molecule has 4 heteroatoms. The van der Waals surface area contributed by atoms with Gasteiger partial charge in [0, 0.05) is 0 Å². The molecule has 0 fully saturated rings. The van der Waals surface area contributed by atoms with Gasteiger partial charge in [0.1, 0.15) is 6.54 Å². The summed E-state index contributed by atoms with van der Waals surface area (Å²) >= 11 is 0. The lowest BCUT2D eigenvalue weighted by Gasteiger charge is -1.99. The van der Waals surface area contributed by atoms with Crippen LogP contribution in [-0.2, 0) is 14.3 Å². The highest BCUT2D eigenvalue weighted by molar-refractivity contribution is 5.90. The summed E-state index contributed by atoms with van der Waals surface area (Å²) in [7, 11) is 1.28. The van der Waals surface area contributed by atoms with Crippen LogP contribution in [0.15, 0.2) is 24.3 Å². The summed E-state index contributed by atoms with van der Waals surface area (Å²) in [6.07, 6.45) is 10.2. The molecule has 0 aliphatic heterocycles. The van der Waals surface area contributed by atoms with E-state index < -0.39 is 5.97 Å². The number of esters is 1. The van der Waals surface area contributed by atoms with Crippen LogP contribution in [0.1, 0.15) is 26.2 Å². The molecule has 0 unspecified atom stereocenters. The van der Waals surface area contributed by atoms with E-state index in [1.165, 1.54) is 13.2 Å². The average Bonchev–Trinajstić information content (AvgIpc) is 2.30. The third-order valence-electron chi connectivity index (χ3n) is 1.81. The summed E-state index contributed by atoms with van der Waals surface area (Å²) in [5.74, 6) is -0.725. The van der Waals surface area contributed by atoms with E-state index in [1.54, 1.807) is 6.08 Å². The first kappa shape index (κ1) is 14.4. The number of unbranched alkanes of at least 4 members (excludes halogenated alkanes) is 1. The summed E-state index contributed by atoms with van der Waals surface area (Å²) in [4.78, 5) is 21.8. The fraction of sp³-hybridized carbons (Fsp3) is 0.500. The van der Waals surface area contributed by atoms with Crippen LogP contribution in [0, 0.1) is 0 Å². The second-order valence-electron chi connectivity index (χ2n) is 3.15. The number of hydrogen-bond donors (Lipinski definition) is 1. The van der Waals surface area contributed by atoms with E-state index in [0.717, 1.165) is 19.3 Å². The zero-order valence-corrected chi connectivity index (χ0v) is 9.86. The van der Waals surface area contributed by atoms with Gasteiger partial charge in [-0.1, -0.05) is 25.2 Å². The number of carbonyl (C=O) groups is 2. The van der Waals surface area contributed by atoms with E-state index in [1.807, 2.05) is 0 Å². The van der Waals surface area contributed by atoms with Gasteiger partial charge in [0.2, 0.25) is 5.91 Å². The summed E-state index contributed by atoms with van der Waals surface area (Å²) in [6, 6.07) is 0. The molecular formula is C12H19NO3. The molecule has 0 atom stereocenters. The molecule has 4 nitrogen and oxygen atoms in total. The molecule has 0 aromatic heterocycles. The Morgan fingerprint density at radius 3 is 2.50 bits per heavy atom. The van der Waals surface area contributed by atoms with Crippen molar-refractivity contribution < 1.29 is 14.3 Å². The summed E-state index contributed by atoms with van der Waals surface area (Å²) in [6.45, 7) is 1.99. The molecule has 1 amide bonds. The van der Waals surface area contributed by atoms with Gasteiger partial charge in [0.05, 0.1) is 7.11 Å². The van der Waals surface area contributed by atoms with E-state index >= 15 is 0 Å². The van der Waals surface area contributed by atoms with Crippen LogP contribution in [0.4, 0.5) is 0 Å². The molecule has 0 radical (unpaired) electrons. The van der Waals surface area contributed by atoms with Crippen molar-refractivity contribution >= 4 is 11.9 Å². The molecule has 0 saturated heterocycles. The Bertz CT molecular complexity index is 269. The smallest absolute Gasteiger partial charge is 0.325 e. The first-order valence-corrected chi connectivity index (χ1v) is 5.36. The van der Waals surface area contributed by atoms with Crippen molar-refractivity contribution in [2.45, 2.75) is 26.2 Å². The average molecular weight is 225 g/mol. The maximum atomic E-state index is 11.1. The molecule has 1 N–H and O–H groups in total. The van der Waals surface area contributed by atoms with Crippen LogP contribution in [0.3, 0.4) is 0 Å². The standard InChI is InChI=1S/C12H19NO3/c1-3-4-5-6-7-8-9-11(14)13-10-12(15)16-2/h4-5,8-9H,3,6-7,10H2,1-2H3,(H,13,14)/b5-4-,9-8+. The molecule has 0 aromatic carbocycles. The third kappa shape index (κ3) is 8.99. The molecule has 90 valence electrons. The predicted molar refractivity (Wildman–Crippen MR) is 62.8 cm³/mol. The number of allylic oxidation sites excluding steroid dienone is 3. The number of ether oxygens (including phenoxy) is 1. The highest BCUT2D eigenvalue weighted by atomic mass is 16.5. The highest BCUT2D eigenvalue weighted by Gasteiger charge is 2.00. The van der Waals surface area contributed by atoms with Gasteiger partial charge in [-0.2, -0.15) is 0 Å². The van der Waals surface area contributed by atoms with Crippen LogP contribution in [0.25, 0.3) is 0 Å². The van der Waals surface area contributed by atoms with Gasteiger partial charge in [0.25, 0.3) is 0 Å². The van der Waals surface area contributed by atoms with Gasteiger partial charge in [-0.05, 0) is 25.3 Å². The molecule has 0 saturated carbocycles. The van der Waals surface area contributed by atoms with E-state index in [4.69, 9.17) is 0 Å². The molecule has 0 rings (SSSR count). The number of rotatable bonds is 7. The largest absolute Gasteiger partial charge is 0.468 e. The number of amides is 1. The van der Waals surface area contributed by atoms with Crippen LogP contribution in [0.5, 0.6) is 0 Å². The quantitative estimate of drug-likeness (QED) is 0.310. The van der Waals surface area contributed by atoms with Crippen LogP contribution in [-0.4, -0.2) is 25.5 Å². The summed E-state index contributed by atoms with van der Waals surface area (Å²) in [5, 5.41) is 2.42. The maximum Gasteiger partial charge on any atom is 0.325 e. The summed E-state index contributed by atoms with van der Waals surface area (Å²) < 4.78 is 4.38. The zero-order chi connectivity index (χ0) is 12.2. The molecule has 0 heterocycles. The van der Waals surface area contributed by atoms with E-state index in [-0.39, 0.29) is 12.5 Å². The lowest BCUT2D eigenvalue weighted by atomic mass is 10.2. The Hall–Kier alpha value is -1.58. The number of carbonyl (C=O) groups excluding carboxylic acids is 2. The number of hydrogen-bond acceptors (Lipinski definition) is 3. The number of methoxy groups -OCH3 is 1. The van der Waals surface area contributed by atoms with Crippen molar-refractivity contribution in [3.63, 3.8) is 0 Å². The van der Waals surface area contributed by atoms with Crippen molar-refractivity contribution in [1.82, 2.24) is 5.32 Å². The Kier molecular flexibility index (Phi) is 8.97. The SMILES string of the molecule is CC/C=C\CC/C=C/C(=O)NCC(=O)OC. The van der Waals surface area contributed by atoms with E-state index in [0.29, 0.717) is 0 Å². The third-order valence-corrected chi connectivity index (χ3v) is 1.81. The Morgan fingerprint density at radius 2 is 1.88 bits per heavy atom. The lowest BCUT2D eigenvalue weighted by Crippen LogP contribution is -2.28. The highest BCUT2D eigenvalue weighted by Crippen LogP contribution is 1.93. The molecule has 0 aliphatic rings. The van der Waals surface area contributed by atoms with Crippen molar-refractivity contribution in [2.75, 3.05) is 13.7 Å². The van der Waals surface area contributed by atoms with Crippen molar-refractivity contribution in [1.29, 1.82) is 0 Å². The van der Waals surface area contributed by atoms with E-state index in [2.05, 4.69) is 29.1 Å². The molecule has 0 aromatic rings. The van der Waals surface area contributed by atoms with Crippen LogP contribution < -0.4 is 5.32 Å². The van der Waals surface area contributed by atoms with Crippen molar-refractivity contribution in [2.24, 2.45) is 0 Å². The predicted octanol–water partition coefficient (Wildman–Crippen LogP) is 1.58. The van der Waals surface area contributed by atoms with Crippen LogP contribution in [0.2, 0.25) is 0 Å². The topological polar surface area (TPSA) is 55.4 Å². The Labute approximate surface area is 96.4 Å². The fourth-order valence-electron chi connectivity index (χ4n) is 0.958. The maximum absolute atomic E-state index is 11.1. The van der Waals surface area contributed by atoms with Gasteiger partial charge in [-0.25, -0.2) is 0 Å². The normalized spacial score (nSPS) is 10.9. The minimum atomic E-state index is -0.451. The first-order chi connectivity index (χ1) is 7.70. The van der Waals surface area contributed by atoms with Gasteiger partial charge in [-0.3, -0.25) is 9.59 Å². The van der Waals surface area contributed by atoms with E-state index in [9.17, 15) is 9.59 Å². The molecule has 16 heavy (non-hydrogen) atoms. The zero-order valence-electron chi connectivity index (χ0n) is 9.86. The van der Waals surface area contributed by atoms with Crippen molar-refractivity contribution in [3.8, 4) is 0 Å². The van der Waals surface area contributed by atoms with Gasteiger partial charge >= 0.3 is 5.97 Å². The van der Waals surface area contributed by atoms with Crippen LogP contribution >= 0.6 is 0 Å². The first-order valence-electron chi connectivity index (χ1n) is 5.36. The second kappa shape index (κ2) is 9.96. The summed E-state index contributed by atoms with van der Waals surface area (Å²) in [5.41, 5.74) is 0. The molecule has 0 bridgehead atoms. The minimum Gasteiger partial charge on any atom is -0.468 e. The molecule has 0 aliphatic carbocycles. The van der Waals surface area contributed by atoms with Crippen molar-refractivity contribution in [3.05, 3.63) is 24.3 Å². The van der Waals surface area contributed by atoms with Gasteiger partial charge < -0.3 is 10.1 Å². The molecular weight excluding hydrogens is 206 g/mol. The minimum absolute atomic E-state index is 0.0879. The number of nitrogens with one attached hydrogen (secondary N) is 1. The molecule has 0 spiro atoms. The second-order valence-corrected chi connectivity index (χ2v) is 3.15. The fourth-order valence-corrected chi connectivity index (χ4v) is 0.958. The Balaban J connectivity index is 3.58.